The molecule has 1 aromatic carbocycles. The van der Waals surface area contributed by atoms with Gasteiger partial charge in [0.1, 0.15) is 6.10 Å². The molecule has 1 aliphatic carbocycles. The second-order valence-corrected chi connectivity index (χ2v) is 3.86. The predicted octanol–water partition coefficient (Wildman–Crippen LogP) is 2.95. The van der Waals surface area contributed by atoms with Gasteiger partial charge in [0.25, 0.3) is 0 Å². The third kappa shape index (κ3) is 2.46. The highest BCUT2D eigenvalue weighted by Gasteiger charge is 2.18. The summed E-state index contributed by atoms with van der Waals surface area (Å²) >= 11 is 0. The lowest BCUT2D eigenvalue weighted by Crippen LogP contribution is -2.13. The normalized spacial score (nSPS) is 19.8. The molecule has 2 nitrogen and oxygen atoms in total. The van der Waals surface area contributed by atoms with Crippen molar-refractivity contribution in [3.05, 3.63) is 47.5 Å². The second-order valence-electron chi connectivity index (χ2n) is 3.86. The van der Waals surface area contributed by atoms with E-state index in [1.165, 1.54) is 5.57 Å². The van der Waals surface area contributed by atoms with Crippen molar-refractivity contribution >= 4 is 5.97 Å². The lowest BCUT2D eigenvalue weighted by atomic mass is 10.2. The highest BCUT2D eigenvalue weighted by molar-refractivity contribution is 5.89. The van der Waals surface area contributed by atoms with Crippen molar-refractivity contribution in [2.75, 3.05) is 0 Å². The highest BCUT2D eigenvalue weighted by Crippen LogP contribution is 2.21. The molecule has 1 aliphatic rings. The van der Waals surface area contributed by atoms with E-state index in [1.807, 2.05) is 24.3 Å². The average molecular weight is 202 g/mol. The average Bonchev–Trinajstić information content (AvgIpc) is 2.65. The van der Waals surface area contributed by atoms with E-state index in [0.29, 0.717) is 5.56 Å². The molecule has 1 unspecified atom stereocenters. The molecule has 2 rings (SSSR count). The Bertz CT molecular complexity index is 379. The van der Waals surface area contributed by atoms with Gasteiger partial charge in [-0.3, -0.25) is 0 Å². The molecule has 0 N–H and O–H groups in total. The summed E-state index contributed by atoms with van der Waals surface area (Å²) in [5.41, 5.74) is 1.93. The molecule has 78 valence electrons. The van der Waals surface area contributed by atoms with E-state index in [2.05, 4.69) is 6.92 Å². The van der Waals surface area contributed by atoms with E-state index in [9.17, 15) is 4.79 Å². The van der Waals surface area contributed by atoms with Crippen molar-refractivity contribution in [3.8, 4) is 0 Å². The van der Waals surface area contributed by atoms with E-state index in [4.69, 9.17) is 4.74 Å². The maximum absolute atomic E-state index is 11.7. The Balaban J connectivity index is 1.99. The number of allylic oxidation sites excluding steroid dienone is 1. The van der Waals surface area contributed by atoms with Gasteiger partial charge >= 0.3 is 5.97 Å². The van der Waals surface area contributed by atoms with Gasteiger partial charge in [-0.15, -0.1) is 0 Å². The minimum Gasteiger partial charge on any atom is -0.455 e. The van der Waals surface area contributed by atoms with Crippen molar-refractivity contribution in [2.24, 2.45) is 0 Å². The van der Waals surface area contributed by atoms with E-state index >= 15 is 0 Å². The maximum atomic E-state index is 11.7. The largest absolute Gasteiger partial charge is 0.455 e. The predicted molar refractivity (Wildman–Crippen MR) is 58.6 cm³/mol. The van der Waals surface area contributed by atoms with Crippen molar-refractivity contribution < 1.29 is 9.53 Å². The molecule has 0 radical (unpaired) electrons. The quantitative estimate of drug-likeness (QED) is 0.544. The van der Waals surface area contributed by atoms with Gasteiger partial charge in [0.15, 0.2) is 0 Å². The van der Waals surface area contributed by atoms with Crippen LogP contribution in [0.4, 0.5) is 0 Å². The lowest BCUT2D eigenvalue weighted by Gasteiger charge is -2.09. The zero-order valence-corrected chi connectivity index (χ0v) is 8.77. The topological polar surface area (TPSA) is 26.3 Å². The second kappa shape index (κ2) is 4.30. The first-order valence-electron chi connectivity index (χ1n) is 5.19. The summed E-state index contributed by atoms with van der Waals surface area (Å²) in [6.45, 7) is 2.07. The fourth-order valence-electron chi connectivity index (χ4n) is 1.73. The van der Waals surface area contributed by atoms with Crippen LogP contribution in [0.5, 0.6) is 0 Å². The summed E-state index contributed by atoms with van der Waals surface area (Å²) in [5, 5.41) is 0. The number of esters is 1. The fraction of sp³-hybridized carbons (Fsp3) is 0.308. The molecule has 0 bridgehead atoms. The number of carbonyl (C=O) groups excluding carboxylic acids is 1. The summed E-state index contributed by atoms with van der Waals surface area (Å²) < 4.78 is 5.35. The number of hydrogen-bond acceptors (Lipinski definition) is 2. The number of ether oxygens (including phenoxy) is 1. The van der Waals surface area contributed by atoms with Crippen LogP contribution in [-0.4, -0.2) is 12.1 Å². The van der Waals surface area contributed by atoms with E-state index in [-0.39, 0.29) is 12.1 Å². The van der Waals surface area contributed by atoms with E-state index in [0.717, 1.165) is 12.8 Å². The van der Waals surface area contributed by atoms with Gasteiger partial charge in [-0.2, -0.15) is 0 Å². The standard InChI is InChI=1S/C13H14O2/c1-10-7-8-12(9-10)15-13(14)11-5-3-2-4-6-11/h2-6,9,12H,7-8H2,1H3. The molecule has 0 fully saturated rings. The SMILES string of the molecule is CC1=CC(OC(=O)c2ccccc2)CC1. The minimum absolute atomic E-state index is 0.0299. The van der Waals surface area contributed by atoms with Crippen LogP contribution in [0, 0.1) is 0 Å². The van der Waals surface area contributed by atoms with Crippen LogP contribution >= 0.6 is 0 Å². The van der Waals surface area contributed by atoms with Gasteiger partial charge in [-0.1, -0.05) is 23.8 Å². The lowest BCUT2D eigenvalue weighted by molar-refractivity contribution is 0.0395. The monoisotopic (exact) mass is 202 g/mol. The summed E-state index contributed by atoms with van der Waals surface area (Å²) in [7, 11) is 0. The van der Waals surface area contributed by atoms with E-state index in [1.54, 1.807) is 12.1 Å². The highest BCUT2D eigenvalue weighted by atomic mass is 16.5. The zero-order chi connectivity index (χ0) is 10.7. The Morgan fingerprint density at radius 1 is 1.33 bits per heavy atom. The first kappa shape index (κ1) is 9.97. The first-order chi connectivity index (χ1) is 7.25. The van der Waals surface area contributed by atoms with Gasteiger partial charge in [-0.25, -0.2) is 4.79 Å². The molecule has 1 aromatic rings. The van der Waals surface area contributed by atoms with Crippen LogP contribution in [0.1, 0.15) is 30.1 Å². The first-order valence-corrected chi connectivity index (χ1v) is 5.19. The molecule has 0 saturated heterocycles. The Kier molecular flexibility index (Phi) is 2.86. The van der Waals surface area contributed by atoms with Crippen LogP contribution < -0.4 is 0 Å². The molecule has 0 saturated carbocycles. The third-order valence-corrected chi connectivity index (χ3v) is 2.56. The Morgan fingerprint density at radius 2 is 2.07 bits per heavy atom. The number of benzene rings is 1. The van der Waals surface area contributed by atoms with Gasteiger partial charge in [0, 0.05) is 0 Å². The molecule has 2 heteroatoms. The van der Waals surface area contributed by atoms with Crippen LogP contribution in [0.25, 0.3) is 0 Å². The molecule has 0 aliphatic heterocycles. The third-order valence-electron chi connectivity index (χ3n) is 2.56. The summed E-state index contributed by atoms with van der Waals surface area (Å²) in [6, 6.07) is 9.11. The van der Waals surface area contributed by atoms with Crippen LogP contribution in [0.15, 0.2) is 42.0 Å². The Hall–Kier alpha value is -1.57. The van der Waals surface area contributed by atoms with Crippen LogP contribution in [-0.2, 0) is 4.74 Å². The molecule has 1 atom stereocenters. The maximum Gasteiger partial charge on any atom is 0.338 e. The molecule has 0 heterocycles. The molecule has 0 spiro atoms. The Labute approximate surface area is 89.6 Å². The number of carbonyl (C=O) groups is 1. The van der Waals surface area contributed by atoms with Crippen molar-refractivity contribution in [2.45, 2.75) is 25.9 Å². The summed E-state index contributed by atoms with van der Waals surface area (Å²) in [5.74, 6) is -0.230. The van der Waals surface area contributed by atoms with Gasteiger partial charge in [0.2, 0.25) is 0 Å². The number of hydrogen-bond donors (Lipinski definition) is 0. The smallest absolute Gasteiger partial charge is 0.338 e. The number of rotatable bonds is 2. The fourth-order valence-corrected chi connectivity index (χ4v) is 1.73. The molecular formula is C13H14O2. The van der Waals surface area contributed by atoms with Crippen LogP contribution in [0.3, 0.4) is 0 Å². The molecule has 15 heavy (non-hydrogen) atoms. The minimum atomic E-state index is -0.230. The van der Waals surface area contributed by atoms with Gasteiger partial charge in [0.05, 0.1) is 5.56 Å². The van der Waals surface area contributed by atoms with Crippen molar-refractivity contribution in [1.82, 2.24) is 0 Å². The molecule has 0 aromatic heterocycles. The van der Waals surface area contributed by atoms with Crippen molar-refractivity contribution in [1.29, 1.82) is 0 Å². The van der Waals surface area contributed by atoms with E-state index < -0.39 is 0 Å². The zero-order valence-electron chi connectivity index (χ0n) is 8.77. The Morgan fingerprint density at radius 3 is 2.67 bits per heavy atom. The van der Waals surface area contributed by atoms with Gasteiger partial charge in [-0.05, 0) is 38.0 Å². The molecular weight excluding hydrogens is 188 g/mol. The van der Waals surface area contributed by atoms with Crippen LogP contribution in [0.2, 0.25) is 0 Å². The molecule has 0 amide bonds. The summed E-state index contributed by atoms with van der Waals surface area (Å²) in [4.78, 5) is 11.7. The van der Waals surface area contributed by atoms with Gasteiger partial charge < -0.3 is 4.74 Å². The summed E-state index contributed by atoms with van der Waals surface area (Å²) in [6.07, 6.45) is 3.95. The van der Waals surface area contributed by atoms with Crippen molar-refractivity contribution in [3.63, 3.8) is 0 Å².